The summed E-state index contributed by atoms with van der Waals surface area (Å²) in [5, 5.41) is 13.7. The van der Waals surface area contributed by atoms with Crippen LogP contribution in [0.15, 0.2) is 36.5 Å². The standard InChI is InChI=1S/C44H85N2O6P/c1-6-8-10-12-14-16-18-19-20-21-22-23-24-25-26-27-28-30-32-34-36-38-44(48)45-42(41-52-53(49,50)51-40-39-46(3,4)5)43(47)37-35-33-31-29-17-15-13-11-9-7-2/h17,23-24,29,35,37,42-43,47H,6-16,18-22,25-28,30-34,36,38-41H2,1-5H3,(H-,45,48,49,50)/p+1/b24-23-,29-17+,37-35+. The number of nitrogens with zero attached hydrogens (tertiary/aromatic N) is 1. The summed E-state index contributed by atoms with van der Waals surface area (Å²) in [6.07, 6.45) is 43.7. The van der Waals surface area contributed by atoms with E-state index in [9.17, 15) is 19.4 Å². The van der Waals surface area contributed by atoms with Crippen LogP contribution in [-0.2, 0) is 18.4 Å². The van der Waals surface area contributed by atoms with Gasteiger partial charge in [0.2, 0.25) is 5.91 Å². The van der Waals surface area contributed by atoms with Crippen molar-refractivity contribution in [3.05, 3.63) is 36.5 Å². The summed E-state index contributed by atoms with van der Waals surface area (Å²) in [4.78, 5) is 23.0. The molecule has 0 rings (SSSR count). The third-order valence-corrected chi connectivity index (χ3v) is 10.6. The summed E-state index contributed by atoms with van der Waals surface area (Å²) in [5.41, 5.74) is 0. The van der Waals surface area contributed by atoms with Crippen LogP contribution in [0.1, 0.15) is 187 Å². The lowest BCUT2D eigenvalue weighted by atomic mass is 10.1. The quantitative estimate of drug-likeness (QED) is 0.0249. The van der Waals surface area contributed by atoms with E-state index in [1.807, 2.05) is 27.2 Å². The fourth-order valence-electron chi connectivity index (χ4n) is 6.05. The van der Waals surface area contributed by atoms with Crippen molar-refractivity contribution >= 4 is 13.7 Å². The SMILES string of the molecule is CCCCCC/C=C/CC/C=C/C(O)C(COP(=O)(O)OCC[N+](C)(C)C)NC(=O)CCCCCCCCC/C=C\CCCCCCCCCCCC. The first-order valence-corrected chi connectivity index (χ1v) is 23.4. The van der Waals surface area contributed by atoms with Gasteiger partial charge in [0.1, 0.15) is 13.2 Å². The molecule has 0 aliphatic rings. The second kappa shape index (κ2) is 36.4. The van der Waals surface area contributed by atoms with Crippen molar-refractivity contribution in [2.75, 3.05) is 40.9 Å². The molecule has 0 fully saturated rings. The van der Waals surface area contributed by atoms with Gasteiger partial charge in [0.25, 0.3) is 0 Å². The third-order valence-electron chi connectivity index (χ3n) is 9.58. The number of nitrogens with one attached hydrogen (secondary N) is 1. The van der Waals surface area contributed by atoms with E-state index in [0.29, 0.717) is 17.4 Å². The largest absolute Gasteiger partial charge is 0.472 e. The molecule has 1 amide bonds. The summed E-state index contributed by atoms with van der Waals surface area (Å²) in [6, 6.07) is -0.862. The molecule has 0 saturated heterocycles. The number of likely N-dealkylation sites (N-methyl/N-ethyl adjacent to an activating group) is 1. The Hall–Kier alpha value is -1.28. The Balaban J connectivity index is 4.33. The maximum atomic E-state index is 12.8. The van der Waals surface area contributed by atoms with E-state index in [1.165, 1.54) is 128 Å². The van der Waals surface area contributed by atoms with Crippen molar-refractivity contribution < 1.29 is 32.9 Å². The van der Waals surface area contributed by atoms with E-state index >= 15 is 0 Å². The Morgan fingerprint density at radius 3 is 1.53 bits per heavy atom. The Morgan fingerprint density at radius 1 is 0.623 bits per heavy atom. The average Bonchev–Trinajstić information content (AvgIpc) is 3.10. The molecule has 0 aromatic heterocycles. The Bertz CT molecular complexity index is 964. The van der Waals surface area contributed by atoms with Crippen LogP contribution in [0.25, 0.3) is 0 Å². The van der Waals surface area contributed by atoms with Gasteiger partial charge < -0.3 is 19.8 Å². The summed E-state index contributed by atoms with van der Waals surface area (Å²) in [6.45, 7) is 4.74. The number of phosphoric acid groups is 1. The summed E-state index contributed by atoms with van der Waals surface area (Å²) < 4.78 is 23.5. The van der Waals surface area contributed by atoms with Crippen LogP contribution in [0.5, 0.6) is 0 Å². The molecule has 3 N–H and O–H groups in total. The number of quaternary nitrogens is 1. The van der Waals surface area contributed by atoms with Gasteiger partial charge in [-0.05, 0) is 57.8 Å². The first-order chi connectivity index (χ1) is 25.5. The maximum absolute atomic E-state index is 12.8. The zero-order valence-corrected chi connectivity index (χ0v) is 36.1. The molecule has 0 aromatic carbocycles. The van der Waals surface area contributed by atoms with E-state index in [-0.39, 0.29) is 19.1 Å². The number of phosphoric ester groups is 1. The number of amides is 1. The van der Waals surface area contributed by atoms with Crippen molar-refractivity contribution in [1.82, 2.24) is 5.32 Å². The number of rotatable bonds is 39. The van der Waals surface area contributed by atoms with E-state index in [0.717, 1.165) is 38.5 Å². The molecule has 312 valence electrons. The summed E-state index contributed by atoms with van der Waals surface area (Å²) in [7, 11) is 1.55. The first-order valence-electron chi connectivity index (χ1n) is 21.9. The van der Waals surface area contributed by atoms with Gasteiger partial charge >= 0.3 is 7.82 Å². The van der Waals surface area contributed by atoms with Crippen molar-refractivity contribution in [3.63, 3.8) is 0 Å². The van der Waals surface area contributed by atoms with E-state index in [4.69, 9.17) is 9.05 Å². The molecule has 0 aliphatic heterocycles. The molecule has 9 heteroatoms. The number of unbranched alkanes of at least 4 members (excludes halogenated alkanes) is 22. The van der Waals surface area contributed by atoms with Crippen LogP contribution < -0.4 is 5.32 Å². The molecule has 0 aromatic rings. The fraction of sp³-hybridized carbons (Fsp3) is 0.841. The molecule has 0 spiro atoms. The van der Waals surface area contributed by atoms with Gasteiger partial charge in [0.15, 0.2) is 0 Å². The normalized spacial score (nSPS) is 14.8. The zero-order valence-electron chi connectivity index (χ0n) is 35.3. The second-order valence-corrected chi connectivity index (χ2v) is 17.5. The monoisotopic (exact) mass is 770 g/mol. The number of aliphatic hydroxyl groups is 1. The number of hydrogen-bond acceptors (Lipinski definition) is 5. The number of allylic oxidation sites excluding steroid dienone is 5. The van der Waals surface area contributed by atoms with Gasteiger partial charge in [-0.15, -0.1) is 0 Å². The number of aliphatic hydroxyl groups excluding tert-OH is 1. The summed E-state index contributed by atoms with van der Waals surface area (Å²) >= 11 is 0. The van der Waals surface area contributed by atoms with Crippen LogP contribution in [0.3, 0.4) is 0 Å². The van der Waals surface area contributed by atoms with Gasteiger partial charge in [0, 0.05) is 6.42 Å². The second-order valence-electron chi connectivity index (χ2n) is 16.1. The first kappa shape index (κ1) is 51.7. The molecule has 53 heavy (non-hydrogen) atoms. The number of hydrogen-bond donors (Lipinski definition) is 3. The van der Waals surface area contributed by atoms with Crippen LogP contribution in [0.4, 0.5) is 0 Å². The highest BCUT2D eigenvalue weighted by molar-refractivity contribution is 7.47. The average molecular weight is 770 g/mol. The molecule has 0 saturated carbocycles. The predicted molar refractivity (Wildman–Crippen MR) is 226 cm³/mol. The van der Waals surface area contributed by atoms with Crippen molar-refractivity contribution in [1.29, 1.82) is 0 Å². The highest BCUT2D eigenvalue weighted by Gasteiger charge is 2.27. The van der Waals surface area contributed by atoms with E-state index < -0.39 is 20.0 Å². The molecule has 3 atom stereocenters. The molecular formula is C44H86N2O6P+. The maximum Gasteiger partial charge on any atom is 0.472 e. The third kappa shape index (κ3) is 38.8. The molecule has 0 heterocycles. The molecule has 8 nitrogen and oxygen atoms in total. The number of carbonyl (C=O) groups is 1. The molecule has 0 radical (unpaired) electrons. The highest BCUT2D eigenvalue weighted by Crippen LogP contribution is 2.43. The molecular weight excluding hydrogens is 683 g/mol. The van der Waals surface area contributed by atoms with Crippen molar-refractivity contribution in [2.24, 2.45) is 0 Å². The van der Waals surface area contributed by atoms with Gasteiger partial charge in [-0.3, -0.25) is 13.8 Å². The number of carbonyl (C=O) groups excluding carboxylic acids is 1. The predicted octanol–water partition coefficient (Wildman–Crippen LogP) is 11.9. The Morgan fingerprint density at radius 2 is 1.04 bits per heavy atom. The van der Waals surface area contributed by atoms with Crippen LogP contribution in [-0.4, -0.2) is 73.4 Å². The lowest BCUT2D eigenvalue weighted by Crippen LogP contribution is -2.45. The van der Waals surface area contributed by atoms with Crippen LogP contribution >= 0.6 is 7.82 Å². The van der Waals surface area contributed by atoms with Gasteiger partial charge in [0.05, 0.1) is 39.9 Å². The Kier molecular flexibility index (Phi) is 35.5. The molecule has 0 bridgehead atoms. The van der Waals surface area contributed by atoms with Crippen molar-refractivity contribution in [3.8, 4) is 0 Å². The minimum atomic E-state index is -4.34. The fourth-order valence-corrected chi connectivity index (χ4v) is 6.79. The van der Waals surface area contributed by atoms with Crippen LogP contribution in [0.2, 0.25) is 0 Å². The zero-order chi connectivity index (χ0) is 39.3. The topological polar surface area (TPSA) is 105 Å². The smallest absolute Gasteiger partial charge is 0.387 e. The molecule has 3 unspecified atom stereocenters. The highest BCUT2D eigenvalue weighted by atomic mass is 31.2. The van der Waals surface area contributed by atoms with Crippen molar-refractivity contribution in [2.45, 2.75) is 199 Å². The molecule has 0 aliphatic carbocycles. The van der Waals surface area contributed by atoms with Gasteiger partial charge in [-0.1, -0.05) is 159 Å². The van der Waals surface area contributed by atoms with E-state index in [1.54, 1.807) is 6.08 Å². The lowest BCUT2D eigenvalue weighted by molar-refractivity contribution is -0.870. The minimum absolute atomic E-state index is 0.0550. The lowest BCUT2D eigenvalue weighted by Gasteiger charge is -2.25. The van der Waals surface area contributed by atoms with Gasteiger partial charge in [-0.2, -0.15) is 0 Å². The van der Waals surface area contributed by atoms with Gasteiger partial charge in [-0.25, -0.2) is 4.57 Å². The van der Waals surface area contributed by atoms with E-state index in [2.05, 4.69) is 43.5 Å². The minimum Gasteiger partial charge on any atom is -0.387 e. The Labute approximate surface area is 327 Å². The summed E-state index contributed by atoms with van der Waals surface area (Å²) in [5.74, 6) is -0.194. The van der Waals surface area contributed by atoms with Crippen LogP contribution in [0, 0.1) is 0 Å².